The Balaban J connectivity index is 1.31. The minimum absolute atomic E-state index is 0.0291. The van der Waals surface area contributed by atoms with Gasteiger partial charge in [-0.15, -0.1) is 0 Å². The summed E-state index contributed by atoms with van der Waals surface area (Å²) in [6.07, 6.45) is 8.36. The first kappa shape index (κ1) is 19.6. The van der Waals surface area contributed by atoms with Gasteiger partial charge >= 0.3 is 0 Å². The van der Waals surface area contributed by atoms with E-state index < -0.39 is 0 Å². The number of rotatable bonds is 4. The zero-order valence-corrected chi connectivity index (χ0v) is 17.2. The van der Waals surface area contributed by atoms with Gasteiger partial charge in [0.25, 0.3) is 11.5 Å². The smallest absolute Gasteiger partial charge is 0.255 e. The van der Waals surface area contributed by atoms with E-state index in [-0.39, 0.29) is 17.4 Å². The summed E-state index contributed by atoms with van der Waals surface area (Å²) in [5, 5.41) is 0. The Morgan fingerprint density at radius 3 is 2.74 bits per heavy atom. The van der Waals surface area contributed by atoms with Crippen molar-refractivity contribution in [2.45, 2.75) is 31.8 Å². The second kappa shape index (κ2) is 8.39. The monoisotopic (exact) mass is 416 g/mol. The lowest BCUT2D eigenvalue weighted by Crippen LogP contribution is -2.36. The maximum atomic E-state index is 12.7. The molecule has 8 heteroatoms. The third kappa shape index (κ3) is 4.11. The molecular formula is C23H24N6O2. The Labute approximate surface area is 180 Å². The molecule has 5 heterocycles. The summed E-state index contributed by atoms with van der Waals surface area (Å²) in [5.41, 5.74) is 3.33. The van der Waals surface area contributed by atoms with Crippen LogP contribution < -0.4 is 5.56 Å². The minimum Gasteiger partial charge on any atom is -0.338 e. The van der Waals surface area contributed by atoms with E-state index in [2.05, 4.69) is 25.9 Å². The molecule has 1 N–H and O–H groups in total. The summed E-state index contributed by atoms with van der Waals surface area (Å²) in [6, 6.07) is 7.54. The molecule has 0 aliphatic carbocycles. The van der Waals surface area contributed by atoms with Gasteiger partial charge in [-0.3, -0.25) is 24.5 Å². The maximum absolute atomic E-state index is 12.7. The van der Waals surface area contributed by atoms with E-state index in [4.69, 9.17) is 4.98 Å². The summed E-state index contributed by atoms with van der Waals surface area (Å²) in [6.45, 7) is 3.45. The van der Waals surface area contributed by atoms with Crippen LogP contribution in [0, 0.1) is 0 Å². The van der Waals surface area contributed by atoms with Gasteiger partial charge < -0.3 is 9.88 Å². The highest BCUT2D eigenvalue weighted by molar-refractivity contribution is 5.94. The predicted molar refractivity (Wildman–Crippen MR) is 114 cm³/mol. The number of carbonyl (C=O) groups is 1. The predicted octanol–water partition coefficient (Wildman–Crippen LogP) is 1.75. The average Bonchev–Trinajstić information content (AvgIpc) is 3.30. The number of amides is 1. The van der Waals surface area contributed by atoms with E-state index in [1.165, 1.54) is 0 Å². The molecule has 0 aromatic carbocycles. The highest BCUT2D eigenvalue weighted by atomic mass is 16.2. The van der Waals surface area contributed by atoms with E-state index >= 15 is 0 Å². The number of nitrogens with one attached hydrogen (secondary N) is 1. The van der Waals surface area contributed by atoms with Crippen LogP contribution in [-0.2, 0) is 19.5 Å². The van der Waals surface area contributed by atoms with Crippen molar-refractivity contribution in [3.05, 3.63) is 87.6 Å². The Morgan fingerprint density at radius 2 is 1.97 bits per heavy atom. The van der Waals surface area contributed by atoms with Crippen LogP contribution in [0.2, 0.25) is 0 Å². The Hall–Kier alpha value is -3.39. The zero-order valence-electron chi connectivity index (χ0n) is 17.2. The number of nitrogens with zero attached hydrogens (tertiary/aromatic N) is 5. The zero-order chi connectivity index (χ0) is 21.2. The van der Waals surface area contributed by atoms with Crippen LogP contribution in [0.4, 0.5) is 0 Å². The van der Waals surface area contributed by atoms with Gasteiger partial charge in [0.2, 0.25) is 0 Å². The quantitative estimate of drug-likeness (QED) is 0.696. The standard InChI is InChI=1S/C23H24N6O2/c30-22-19-6-9-28(13-16-3-1-7-24-11-16)15-20(19)26-21(27-22)18-5-10-29(14-18)23(31)17-4-2-8-25-12-17/h1-4,7-8,11-12,18H,5-6,9-10,13-15H2,(H,26,27,30). The van der Waals surface area contributed by atoms with Gasteiger partial charge in [0, 0.05) is 69.0 Å². The van der Waals surface area contributed by atoms with E-state index in [0.717, 1.165) is 36.3 Å². The number of hydrogen-bond donors (Lipinski definition) is 1. The fraction of sp³-hybridized carbons (Fsp3) is 0.348. The Kier molecular flexibility index (Phi) is 5.30. The van der Waals surface area contributed by atoms with E-state index in [9.17, 15) is 9.59 Å². The molecule has 1 amide bonds. The average molecular weight is 416 g/mol. The lowest BCUT2D eigenvalue weighted by Gasteiger charge is -2.28. The van der Waals surface area contributed by atoms with Crippen molar-refractivity contribution in [1.82, 2.24) is 29.7 Å². The number of aromatic amines is 1. The molecule has 0 radical (unpaired) electrons. The van der Waals surface area contributed by atoms with Crippen LogP contribution in [0.5, 0.6) is 0 Å². The van der Waals surface area contributed by atoms with Crippen molar-refractivity contribution in [2.24, 2.45) is 0 Å². The maximum Gasteiger partial charge on any atom is 0.255 e. The fourth-order valence-electron chi connectivity index (χ4n) is 4.43. The van der Waals surface area contributed by atoms with Crippen LogP contribution in [-0.4, -0.2) is 55.3 Å². The lowest BCUT2D eigenvalue weighted by atomic mass is 10.0. The van der Waals surface area contributed by atoms with Gasteiger partial charge in [0.05, 0.1) is 11.3 Å². The number of carbonyl (C=O) groups excluding carboxylic acids is 1. The van der Waals surface area contributed by atoms with Gasteiger partial charge in [-0.05, 0) is 36.6 Å². The van der Waals surface area contributed by atoms with E-state index in [1.54, 1.807) is 30.7 Å². The summed E-state index contributed by atoms with van der Waals surface area (Å²) >= 11 is 0. The first-order valence-corrected chi connectivity index (χ1v) is 10.6. The molecular weight excluding hydrogens is 392 g/mol. The van der Waals surface area contributed by atoms with Crippen molar-refractivity contribution in [2.75, 3.05) is 19.6 Å². The van der Waals surface area contributed by atoms with Crippen LogP contribution in [0.1, 0.15) is 45.3 Å². The molecule has 2 aliphatic rings. The van der Waals surface area contributed by atoms with Gasteiger partial charge in [0.1, 0.15) is 5.82 Å². The third-order valence-electron chi connectivity index (χ3n) is 6.07. The molecule has 5 rings (SSSR count). The molecule has 31 heavy (non-hydrogen) atoms. The molecule has 8 nitrogen and oxygen atoms in total. The summed E-state index contributed by atoms with van der Waals surface area (Å²) < 4.78 is 0. The Morgan fingerprint density at radius 1 is 1.13 bits per heavy atom. The molecule has 1 atom stereocenters. The molecule has 3 aromatic heterocycles. The van der Waals surface area contributed by atoms with Crippen LogP contribution in [0.15, 0.2) is 53.8 Å². The summed E-state index contributed by atoms with van der Waals surface area (Å²) in [5.74, 6) is 0.694. The van der Waals surface area contributed by atoms with Gasteiger partial charge in [0.15, 0.2) is 0 Å². The molecule has 0 bridgehead atoms. The molecule has 158 valence electrons. The number of aromatic nitrogens is 4. The van der Waals surface area contributed by atoms with Crippen molar-refractivity contribution >= 4 is 5.91 Å². The van der Waals surface area contributed by atoms with E-state index in [1.807, 2.05) is 17.2 Å². The number of pyridine rings is 2. The van der Waals surface area contributed by atoms with E-state index in [0.29, 0.717) is 37.4 Å². The Bertz CT molecular complexity index is 1130. The summed E-state index contributed by atoms with van der Waals surface area (Å²) in [4.78, 5) is 45.6. The van der Waals surface area contributed by atoms with Crippen molar-refractivity contribution < 1.29 is 4.79 Å². The first-order valence-electron chi connectivity index (χ1n) is 10.6. The highest BCUT2D eigenvalue weighted by Gasteiger charge is 2.31. The van der Waals surface area contributed by atoms with Gasteiger partial charge in [-0.1, -0.05) is 6.07 Å². The molecule has 1 unspecified atom stereocenters. The van der Waals surface area contributed by atoms with Crippen molar-refractivity contribution in [1.29, 1.82) is 0 Å². The van der Waals surface area contributed by atoms with Crippen LogP contribution in [0.25, 0.3) is 0 Å². The van der Waals surface area contributed by atoms with Crippen molar-refractivity contribution in [3.8, 4) is 0 Å². The minimum atomic E-state index is -0.0435. The highest BCUT2D eigenvalue weighted by Crippen LogP contribution is 2.27. The largest absolute Gasteiger partial charge is 0.338 e. The first-order chi connectivity index (χ1) is 15.2. The second-order valence-corrected chi connectivity index (χ2v) is 8.18. The van der Waals surface area contributed by atoms with Gasteiger partial charge in [-0.25, -0.2) is 4.98 Å². The van der Waals surface area contributed by atoms with Crippen LogP contribution >= 0.6 is 0 Å². The summed E-state index contributed by atoms with van der Waals surface area (Å²) in [7, 11) is 0. The molecule has 1 saturated heterocycles. The number of fused-ring (bicyclic) bond motifs is 1. The number of likely N-dealkylation sites (tertiary alicyclic amines) is 1. The fourth-order valence-corrected chi connectivity index (χ4v) is 4.43. The second-order valence-electron chi connectivity index (χ2n) is 8.18. The number of H-pyrrole nitrogens is 1. The van der Waals surface area contributed by atoms with Crippen molar-refractivity contribution in [3.63, 3.8) is 0 Å². The molecule has 0 saturated carbocycles. The third-order valence-corrected chi connectivity index (χ3v) is 6.07. The van der Waals surface area contributed by atoms with Gasteiger partial charge in [-0.2, -0.15) is 0 Å². The topological polar surface area (TPSA) is 95.1 Å². The lowest BCUT2D eigenvalue weighted by molar-refractivity contribution is 0.0790. The molecule has 2 aliphatic heterocycles. The SMILES string of the molecule is O=C(c1cccnc1)N1CCC(c2nc3c(c(=O)[nH]2)CCN(Cc2cccnc2)C3)C1. The molecule has 3 aromatic rings. The molecule has 1 fully saturated rings. The van der Waals surface area contributed by atoms with Crippen LogP contribution in [0.3, 0.4) is 0 Å². The molecule has 0 spiro atoms. The normalized spacial score (nSPS) is 18.7. The number of hydrogen-bond acceptors (Lipinski definition) is 6.